The van der Waals surface area contributed by atoms with E-state index in [0.29, 0.717) is 28.5 Å². The van der Waals surface area contributed by atoms with Gasteiger partial charge in [-0.3, -0.25) is 0 Å². The number of hydrogen-bond donors (Lipinski definition) is 6. The maximum atomic E-state index is 10.0. The van der Waals surface area contributed by atoms with Crippen LogP contribution in [0.2, 0.25) is 5.02 Å². The van der Waals surface area contributed by atoms with Crippen molar-refractivity contribution in [2.45, 2.75) is 44.3 Å². The summed E-state index contributed by atoms with van der Waals surface area (Å²) < 4.78 is 0. The minimum absolute atomic E-state index is 0.0300. The summed E-state index contributed by atoms with van der Waals surface area (Å²) in [4.78, 5) is 8.92. The molecule has 0 atom stereocenters. The second-order valence-corrected chi connectivity index (χ2v) is 7.34. The number of aromatic amines is 1. The summed E-state index contributed by atoms with van der Waals surface area (Å²) >= 11 is 5.80. The third-order valence-corrected chi connectivity index (χ3v) is 5.19. The van der Waals surface area contributed by atoms with Crippen molar-refractivity contribution in [1.82, 2.24) is 25.4 Å². The molecule has 7 N–H and O–H groups in total. The zero-order valence-corrected chi connectivity index (χ0v) is 15.7. The van der Waals surface area contributed by atoms with E-state index < -0.39 is 0 Å². The number of nitrogens with two attached hydrogens (primary N) is 1. The lowest BCUT2D eigenvalue weighted by Crippen LogP contribution is -2.33. The quantitative estimate of drug-likeness (QED) is 0.350. The van der Waals surface area contributed by atoms with Gasteiger partial charge in [-0.25, -0.2) is 0 Å². The van der Waals surface area contributed by atoms with Crippen LogP contribution < -0.4 is 16.4 Å². The van der Waals surface area contributed by atoms with Gasteiger partial charge < -0.3 is 26.6 Å². The number of fused-ring (bicyclic) bond motifs is 1. The monoisotopic (exact) mass is 404 g/mol. The Labute approximate surface area is 165 Å². The number of rotatable bonds is 5. The van der Waals surface area contributed by atoms with Crippen molar-refractivity contribution >= 4 is 34.5 Å². The van der Waals surface area contributed by atoms with Gasteiger partial charge in [0.05, 0.1) is 5.02 Å². The number of nitrogens with one attached hydrogen (secondary N) is 3. The summed E-state index contributed by atoms with van der Waals surface area (Å²) in [7, 11) is 0. The number of anilines is 2. The Kier molecular flexibility index (Phi) is 5.05. The van der Waals surface area contributed by atoms with Crippen molar-refractivity contribution in [2.24, 2.45) is 5.73 Å². The molecule has 0 amide bonds. The first kappa shape index (κ1) is 18.5. The fraction of sp³-hybridized carbons (Fsp3) is 0.412. The number of benzene rings is 1. The van der Waals surface area contributed by atoms with Gasteiger partial charge in [0.25, 0.3) is 0 Å². The van der Waals surface area contributed by atoms with Gasteiger partial charge in [0.2, 0.25) is 11.6 Å². The highest BCUT2D eigenvalue weighted by atomic mass is 35.5. The normalized spacial score (nSPS) is 19.6. The van der Waals surface area contributed by atoms with Crippen LogP contribution in [-0.2, 0) is 6.54 Å². The molecular weight excluding hydrogens is 384 g/mol. The lowest BCUT2D eigenvalue weighted by atomic mass is 9.92. The number of aromatic hydroxyl groups is 2. The number of halogens is 1. The molecule has 1 saturated carbocycles. The lowest BCUT2D eigenvalue weighted by molar-refractivity contribution is 0.410. The van der Waals surface area contributed by atoms with Crippen molar-refractivity contribution < 1.29 is 10.2 Å². The van der Waals surface area contributed by atoms with Crippen molar-refractivity contribution in [3.8, 4) is 11.5 Å². The highest BCUT2D eigenvalue weighted by Gasteiger charge is 2.20. The molecule has 0 bridgehead atoms. The van der Waals surface area contributed by atoms with Crippen LogP contribution in [0.5, 0.6) is 11.5 Å². The maximum Gasteiger partial charge on any atom is 0.227 e. The predicted molar refractivity (Wildman–Crippen MR) is 105 cm³/mol. The molecule has 0 saturated heterocycles. The third kappa shape index (κ3) is 3.87. The average Bonchev–Trinajstić information content (AvgIpc) is 3.14. The molecule has 2 heterocycles. The van der Waals surface area contributed by atoms with Crippen LogP contribution in [-0.4, -0.2) is 47.7 Å². The smallest absolute Gasteiger partial charge is 0.227 e. The van der Waals surface area contributed by atoms with Crippen LogP contribution in [0.3, 0.4) is 0 Å². The average molecular weight is 405 g/mol. The predicted octanol–water partition coefficient (Wildman–Crippen LogP) is 2.11. The highest BCUT2D eigenvalue weighted by Crippen LogP contribution is 2.31. The van der Waals surface area contributed by atoms with Crippen LogP contribution >= 0.6 is 11.6 Å². The summed E-state index contributed by atoms with van der Waals surface area (Å²) in [6.45, 7) is 0.202. The molecule has 148 valence electrons. The molecule has 3 aromatic rings. The zero-order valence-electron chi connectivity index (χ0n) is 15.0. The number of H-pyrrole nitrogens is 1. The summed E-state index contributed by atoms with van der Waals surface area (Å²) in [6, 6.07) is 3.21. The molecule has 28 heavy (non-hydrogen) atoms. The van der Waals surface area contributed by atoms with E-state index in [0.717, 1.165) is 25.7 Å². The van der Waals surface area contributed by atoms with Crippen LogP contribution in [0.1, 0.15) is 31.2 Å². The molecule has 0 radical (unpaired) electrons. The Balaban J connectivity index is 1.54. The minimum Gasteiger partial charge on any atom is -0.508 e. The second-order valence-electron chi connectivity index (χ2n) is 6.93. The maximum absolute atomic E-state index is 10.0. The zero-order chi connectivity index (χ0) is 19.7. The third-order valence-electron chi connectivity index (χ3n) is 4.88. The fourth-order valence-corrected chi connectivity index (χ4v) is 3.45. The molecule has 1 aliphatic carbocycles. The van der Waals surface area contributed by atoms with Crippen molar-refractivity contribution in [3.05, 3.63) is 22.7 Å². The van der Waals surface area contributed by atoms with Gasteiger partial charge in [0, 0.05) is 30.3 Å². The van der Waals surface area contributed by atoms with Crippen LogP contribution in [0, 0.1) is 0 Å². The Morgan fingerprint density at radius 1 is 1.11 bits per heavy atom. The second kappa shape index (κ2) is 7.64. The van der Waals surface area contributed by atoms with Crippen molar-refractivity contribution in [3.63, 3.8) is 0 Å². The van der Waals surface area contributed by atoms with E-state index in [4.69, 9.17) is 17.3 Å². The van der Waals surface area contributed by atoms with E-state index >= 15 is 0 Å². The number of hydrogen-bond acceptors (Lipinski definition) is 9. The molecule has 0 aliphatic heterocycles. The lowest BCUT2D eigenvalue weighted by Gasteiger charge is -2.26. The van der Waals surface area contributed by atoms with E-state index in [1.165, 1.54) is 12.1 Å². The van der Waals surface area contributed by atoms with Gasteiger partial charge >= 0.3 is 0 Å². The standard InChI is InChI=1S/C17H21ClN8O2/c18-11-6-12(27)8(5-13(11)28)7-20-15-14-16(25-26-24-14)23-17(22-15)21-10-3-1-9(19)2-4-10/h5-6,9-10,27-28H,1-4,7,19H2,(H3,20,21,22,23,24,25,26). The SMILES string of the molecule is NC1CCC(Nc2nc(NCc3cc(O)c(Cl)cc3O)c3n[nH]nc3n2)CC1. The molecule has 1 fully saturated rings. The number of aromatic nitrogens is 5. The number of nitrogens with zero attached hydrogens (tertiary/aromatic N) is 4. The van der Waals surface area contributed by atoms with E-state index in [9.17, 15) is 10.2 Å². The molecule has 1 aromatic carbocycles. The van der Waals surface area contributed by atoms with E-state index in [2.05, 4.69) is 36.0 Å². The Morgan fingerprint density at radius 2 is 1.89 bits per heavy atom. The fourth-order valence-electron chi connectivity index (χ4n) is 3.30. The molecule has 1 aliphatic rings. The highest BCUT2D eigenvalue weighted by molar-refractivity contribution is 6.32. The molecule has 0 spiro atoms. The summed E-state index contributed by atoms with van der Waals surface area (Å²) in [5.41, 5.74) is 7.34. The molecule has 4 rings (SSSR count). The number of phenolic OH excluding ortho intramolecular Hbond substituents is 2. The number of phenols is 2. The van der Waals surface area contributed by atoms with Gasteiger partial charge in [-0.05, 0) is 31.7 Å². The van der Waals surface area contributed by atoms with Gasteiger partial charge in [-0.1, -0.05) is 11.6 Å². The first-order valence-electron chi connectivity index (χ1n) is 9.04. The molecular formula is C17H21ClN8O2. The van der Waals surface area contributed by atoms with E-state index in [1.54, 1.807) is 0 Å². The van der Waals surface area contributed by atoms with Crippen molar-refractivity contribution in [2.75, 3.05) is 10.6 Å². The van der Waals surface area contributed by atoms with E-state index in [1.807, 2.05) is 0 Å². The Morgan fingerprint density at radius 3 is 2.68 bits per heavy atom. The Bertz CT molecular complexity index is 987. The molecule has 0 unspecified atom stereocenters. The molecule has 2 aromatic heterocycles. The van der Waals surface area contributed by atoms with Gasteiger partial charge in [0.15, 0.2) is 11.3 Å². The van der Waals surface area contributed by atoms with Gasteiger partial charge in [0.1, 0.15) is 11.5 Å². The topological polar surface area (TPSA) is 158 Å². The first-order chi connectivity index (χ1) is 13.5. The van der Waals surface area contributed by atoms with Crippen LogP contribution in [0.15, 0.2) is 12.1 Å². The summed E-state index contributed by atoms with van der Waals surface area (Å²) in [5.74, 6) is 0.774. The summed E-state index contributed by atoms with van der Waals surface area (Å²) in [6.07, 6.45) is 3.85. The summed E-state index contributed by atoms with van der Waals surface area (Å²) in [5, 5.41) is 37.0. The largest absolute Gasteiger partial charge is 0.508 e. The van der Waals surface area contributed by atoms with Gasteiger partial charge in [-0.15, -0.1) is 5.10 Å². The molecule has 11 heteroatoms. The first-order valence-corrected chi connectivity index (χ1v) is 9.42. The van der Waals surface area contributed by atoms with Crippen molar-refractivity contribution in [1.29, 1.82) is 0 Å². The van der Waals surface area contributed by atoms with Gasteiger partial charge in [-0.2, -0.15) is 20.3 Å². The van der Waals surface area contributed by atoms with E-state index in [-0.39, 0.29) is 35.2 Å². The molecule has 10 nitrogen and oxygen atoms in total. The Hall–Kier alpha value is -2.85. The minimum atomic E-state index is -0.108. The van der Waals surface area contributed by atoms with Crippen LogP contribution in [0.4, 0.5) is 11.8 Å². The van der Waals surface area contributed by atoms with Crippen LogP contribution in [0.25, 0.3) is 11.2 Å².